The van der Waals surface area contributed by atoms with Crippen LogP contribution in [0.4, 0.5) is 21.0 Å². The molecule has 6 nitrogen and oxygen atoms in total. The Morgan fingerprint density at radius 3 is 2.58 bits per heavy atom. The van der Waals surface area contributed by atoms with E-state index in [1.165, 1.54) is 6.42 Å². The molecule has 0 radical (unpaired) electrons. The summed E-state index contributed by atoms with van der Waals surface area (Å²) in [7, 11) is 1.81. The van der Waals surface area contributed by atoms with Crippen molar-refractivity contribution in [1.29, 1.82) is 0 Å². The third kappa shape index (κ3) is 2.41. The zero-order chi connectivity index (χ0) is 16.8. The molecule has 4 rings (SSSR count). The van der Waals surface area contributed by atoms with Gasteiger partial charge in [-0.25, -0.2) is 9.59 Å². The largest absolute Gasteiger partial charge is 0.326 e. The summed E-state index contributed by atoms with van der Waals surface area (Å²) in [6.07, 6.45) is 4.63. The van der Waals surface area contributed by atoms with Crippen molar-refractivity contribution in [2.45, 2.75) is 44.7 Å². The number of piperidine rings is 1. The number of likely N-dealkylation sites (N-methyl/N-ethyl adjacent to an activating group) is 1. The summed E-state index contributed by atoms with van der Waals surface area (Å²) in [6.45, 7) is 3.40. The van der Waals surface area contributed by atoms with Gasteiger partial charge < -0.3 is 15.1 Å². The van der Waals surface area contributed by atoms with Crippen molar-refractivity contribution in [3.05, 3.63) is 23.8 Å². The van der Waals surface area contributed by atoms with Crippen LogP contribution in [0.1, 0.15) is 31.2 Å². The van der Waals surface area contributed by atoms with Crippen LogP contribution in [0.25, 0.3) is 0 Å². The molecule has 0 aliphatic carbocycles. The first-order chi connectivity index (χ1) is 11.5. The van der Waals surface area contributed by atoms with E-state index in [9.17, 15) is 9.59 Å². The third-order valence-corrected chi connectivity index (χ3v) is 5.61. The number of benzene rings is 1. The van der Waals surface area contributed by atoms with Crippen LogP contribution < -0.4 is 10.2 Å². The third-order valence-electron chi connectivity index (χ3n) is 5.61. The van der Waals surface area contributed by atoms with Crippen LogP contribution >= 0.6 is 0 Å². The Balaban J connectivity index is 1.51. The van der Waals surface area contributed by atoms with Crippen LogP contribution in [0.2, 0.25) is 0 Å². The molecule has 1 aromatic carbocycles. The van der Waals surface area contributed by atoms with Crippen LogP contribution in [0.3, 0.4) is 0 Å². The minimum atomic E-state index is -0.00406. The second kappa shape index (κ2) is 5.69. The number of rotatable bonds is 2. The van der Waals surface area contributed by atoms with Gasteiger partial charge in [0.15, 0.2) is 0 Å². The number of aryl methyl sites for hydroxylation is 1. The first-order valence-corrected chi connectivity index (χ1v) is 8.77. The number of hydrogen-bond donors (Lipinski definition) is 1. The summed E-state index contributed by atoms with van der Waals surface area (Å²) in [6, 6.07) is 6.64. The summed E-state index contributed by atoms with van der Waals surface area (Å²) in [5.41, 5.74) is 2.68. The van der Waals surface area contributed by atoms with E-state index < -0.39 is 0 Å². The molecule has 0 saturated carbocycles. The monoisotopic (exact) mass is 328 g/mol. The van der Waals surface area contributed by atoms with Gasteiger partial charge in [-0.05, 0) is 50.3 Å². The van der Waals surface area contributed by atoms with E-state index in [1.807, 2.05) is 37.1 Å². The maximum absolute atomic E-state index is 12.6. The van der Waals surface area contributed by atoms with E-state index in [4.69, 9.17) is 0 Å². The number of fused-ring (bicyclic) bond motifs is 2. The van der Waals surface area contributed by atoms with Crippen molar-refractivity contribution in [3.63, 3.8) is 0 Å². The molecule has 4 amide bonds. The van der Waals surface area contributed by atoms with E-state index in [0.29, 0.717) is 18.6 Å². The van der Waals surface area contributed by atoms with E-state index in [0.717, 1.165) is 42.7 Å². The lowest BCUT2D eigenvalue weighted by molar-refractivity contribution is 0.0173. The van der Waals surface area contributed by atoms with Crippen LogP contribution in [0, 0.1) is 6.92 Å². The van der Waals surface area contributed by atoms with Gasteiger partial charge in [-0.15, -0.1) is 0 Å². The molecule has 24 heavy (non-hydrogen) atoms. The lowest BCUT2D eigenvalue weighted by atomic mass is 9.80. The molecular weight excluding hydrogens is 304 g/mol. The molecule has 3 fully saturated rings. The molecule has 2 atom stereocenters. The van der Waals surface area contributed by atoms with Gasteiger partial charge >= 0.3 is 12.1 Å². The molecular formula is C18H24N4O2. The minimum Gasteiger partial charge on any atom is -0.326 e. The van der Waals surface area contributed by atoms with Crippen molar-refractivity contribution < 1.29 is 9.59 Å². The summed E-state index contributed by atoms with van der Waals surface area (Å²) in [5.74, 6) is 0. The predicted octanol–water partition coefficient (Wildman–Crippen LogP) is 3.03. The normalized spacial score (nSPS) is 25.8. The molecule has 128 valence electrons. The molecule has 3 heterocycles. The lowest BCUT2D eigenvalue weighted by Gasteiger charge is -2.52. The Morgan fingerprint density at radius 2 is 1.96 bits per heavy atom. The first-order valence-electron chi connectivity index (χ1n) is 8.77. The van der Waals surface area contributed by atoms with Crippen molar-refractivity contribution in [3.8, 4) is 0 Å². The molecule has 3 saturated heterocycles. The smallest absolute Gasteiger partial charge is 0.324 e. The number of carbonyl (C=O) groups excluding carboxylic acids is 2. The Bertz CT molecular complexity index is 676. The maximum Gasteiger partial charge on any atom is 0.324 e. The average Bonchev–Trinajstić information content (AvgIpc) is 2.89. The number of nitrogens with one attached hydrogen (secondary N) is 1. The number of nitrogens with zero attached hydrogens (tertiary/aromatic N) is 3. The second-order valence-corrected chi connectivity index (χ2v) is 7.17. The highest BCUT2D eigenvalue weighted by molar-refractivity contribution is 5.96. The Morgan fingerprint density at radius 1 is 1.21 bits per heavy atom. The fourth-order valence-electron chi connectivity index (χ4n) is 4.17. The lowest BCUT2D eigenvalue weighted by Crippen LogP contribution is -2.62. The number of hydrogen-bond acceptors (Lipinski definition) is 2. The maximum atomic E-state index is 12.6. The SMILES string of the molecule is Cc1ccc(NC(=O)N2C3CCCC2C3)cc1N1CCN(C)C1=O. The predicted molar refractivity (Wildman–Crippen MR) is 93.5 cm³/mol. The van der Waals surface area contributed by atoms with E-state index in [1.54, 1.807) is 9.80 Å². The van der Waals surface area contributed by atoms with Crippen molar-refractivity contribution in [1.82, 2.24) is 9.80 Å². The molecule has 0 spiro atoms. The zero-order valence-electron chi connectivity index (χ0n) is 14.3. The first kappa shape index (κ1) is 15.3. The minimum absolute atomic E-state index is 0.00406. The zero-order valence-corrected chi connectivity index (χ0v) is 14.3. The second-order valence-electron chi connectivity index (χ2n) is 7.17. The molecule has 0 aromatic heterocycles. The quantitative estimate of drug-likeness (QED) is 0.907. The Hall–Kier alpha value is -2.24. The Kier molecular flexibility index (Phi) is 3.62. The highest BCUT2D eigenvalue weighted by atomic mass is 16.2. The van der Waals surface area contributed by atoms with Crippen molar-refractivity contribution in [2.24, 2.45) is 0 Å². The molecule has 3 aliphatic heterocycles. The summed E-state index contributed by atoms with van der Waals surface area (Å²) in [5, 5.41) is 3.03. The number of anilines is 2. The van der Waals surface area contributed by atoms with Gasteiger partial charge in [0.1, 0.15) is 0 Å². The fraction of sp³-hybridized carbons (Fsp3) is 0.556. The van der Waals surface area contributed by atoms with E-state index >= 15 is 0 Å². The van der Waals surface area contributed by atoms with Gasteiger partial charge in [-0.1, -0.05) is 6.07 Å². The molecule has 1 aromatic rings. The summed E-state index contributed by atoms with van der Waals surface area (Å²) >= 11 is 0. The van der Waals surface area contributed by atoms with E-state index in [-0.39, 0.29) is 12.1 Å². The molecule has 1 N–H and O–H groups in total. The molecule has 2 bridgehead atoms. The van der Waals surface area contributed by atoms with Gasteiger partial charge in [0.25, 0.3) is 0 Å². The van der Waals surface area contributed by atoms with Gasteiger partial charge in [-0.3, -0.25) is 4.90 Å². The number of amides is 4. The van der Waals surface area contributed by atoms with Crippen LogP contribution in [-0.4, -0.2) is 54.1 Å². The highest BCUT2D eigenvalue weighted by Gasteiger charge is 2.44. The van der Waals surface area contributed by atoms with Gasteiger partial charge in [0.05, 0.1) is 5.69 Å². The van der Waals surface area contributed by atoms with Crippen LogP contribution in [-0.2, 0) is 0 Å². The Labute approximate surface area is 142 Å². The average molecular weight is 328 g/mol. The summed E-state index contributed by atoms with van der Waals surface area (Å²) in [4.78, 5) is 30.3. The van der Waals surface area contributed by atoms with Gasteiger partial charge in [0.2, 0.25) is 0 Å². The number of carbonyl (C=O) groups is 2. The van der Waals surface area contributed by atoms with E-state index in [2.05, 4.69) is 5.32 Å². The topological polar surface area (TPSA) is 55.9 Å². The van der Waals surface area contributed by atoms with Gasteiger partial charge in [0, 0.05) is 37.9 Å². The number of urea groups is 2. The van der Waals surface area contributed by atoms with Crippen LogP contribution in [0.15, 0.2) is 18.2 Å². The van der Waals surface area contributed by atoms with Crippen molar-refractivity contribution >= 4 is 23.4 Å². The van der Waals surface area contributed by atoms with Crippen LogP contribution in [0.5, 0.6) is 0 Å². The summed E-state index contributed by atoms with van der Waals surface area (Å²) < 4.78 is 0. The molecule has 2 unspecified atom stereocenters. The standard InChI is InChI=1S/C18H24N4O2/c1-12-6-7-13(10-16(12)21-9-8-20(2)18(21)24)19-17(23)22-14-4-3-5-15(22)11-14/h6-7,10,14-15H,3-5,8-9,11H2,1-2H3,(H,19,23). The molecule has 6 heteroatoms. The fourth-order valence-corrected chi connectivity index (χ4v) is 4.17. The highest BCUT2D eigenvalue weighted by Crippen LogP contribution is 2.38. The van der Waals surface area contributed by atoms with Gasteiger partial charge in [-0.2, -0.15) is 0 Å². The molecule has 3 aliphatic rings. The van der Waals surface area contributed by atoms with Crippen molar-refractivity contribution in [2.75, 3.05) is 30.4 Å².